The van der Waals surface area contributed by atoms with Crippen molar-refractivity contribution in [2.24, 2.45) is 0 Å². The number of carbonyl (C=O) groups excluding carboxylic acids is 1. The topological polar surface area (TPSA) is 84.2 Å². The van der Waals surface area contributed by atoms with Gasteiger partial charge in [0.25, 0.3) is 0 Å². The molecule has 1 amide bonds. The first kappa shape index (κ1) is 21.2. The average molecular weight is 420 g/mol. The summed E-state index contributed by atoms with van der Waals surface area (Å²) in [5.74, 6) is 1.41. The van der Waals surface area contributed by atoms with Gasteiger partial charge in [0, 0.05) is 49.9 Å². The Morgan fingerprint density at radius 2 is 2.13 bits per heavy atom. The van der Waals surface area contributed by atoms with Gasteiger partial charge in [-0.2, -0.15) is 4.98 Å². The molecule has 3 heterocycles. The molecule has 0 aliphatic carbocycles. The van der Waals surface area contributed by atoms with Crippen LogP contribution in [0.3, 0.4) is 0 Å². The Morgan fingerprint density at radius 1 is 1.19 bits per heavy atom. The Morgan fingerprint density at radius 3 is 2.97 bits per heavy atom. The predicted octanol–water partition coefficient (Wildman–Crippen LogP) is 3.72. The average Bonchev–Trinajstić information content (AvgIpc) is 3.25. The number of nitrogens with one attached hydrogen (secondary N) is 1. The number of benzene rings is 1. The van der Waals surface area contributed by atoms with Crippen LogP contribution in [0.5, 0.6) is 0 Å². The molecule has 162 valence electrons. The van der Waals surface area contributed by atoms with E-state index in [9.17, 15) is 4.79 Å². The van der Waals surface area contributed by atoms with Crippen molar-refractivity contribution in [3.05, 3.63) is 65.8 Å². The minimum atomic E-state index is 0.0940. The number of aromatic nitrogens is 3. The van der Waals surface area contributed by atoms with Crippen molar-refractivity contribution >= 4 is 5.91 Å². The van der Waals surface area contributed by atoms with Crippen molar-refractivity contribution in [1.29, 1.82) is 0 Å². The zero-order valence-electron chi connectivity index (χ0n) is 18.0. The monoisotopic (exact) mass is 419 g/mol. The number of hydrogen-bond donors (Lipinski definition) is 1. The molecule has 4 rings (SSSR count). The largest absolute Gasteiger partial charge is 0.356 e. The minimum absolute atomic E-state index is 0.0940. The maximum atomic E-state index is 12.3. The highest BCUT2D eigenvalue weighted by Crippen LogP contribution is 2.26. The molecule has 1 saturated heterocycles. The molecule has 7 heteroatoms. The fourth-order valence-corrected chi connectivity index (χ4v) is 4.04. The summed E-state index contributed by atoms with van der Waals surface area (Å²) < 4.78 is 5.61. The van der Waals surface area contributed by atoms with Crippen LogP contribution >= 0.6 is 0 Å². The Labute approximate surface area is 182 Å². The van der Waals surface area contributed by atoms with Crippen molar-refractivity contribution in [1.82, 2.24) is 25.3 Å². The van der Waals surface area contributed by atoms with E-state index in [1.54, 1.807) is 12.4 Å². The standard InChI is InChI=1S/C24H29N5O2/c1-18-5-2-6-19(15-18)17-29-13-4-8-20(9-12-26-22(30)10-14-29)24-27-23(28-31-24)21-7-3-11-25-16-21/h2-3,5-7,11,15-16,20H,4,8-10,12-14,17H2,1H3,(H,26,30). The molecule has 0 spiro atoms. The first-order valence-corrected chi connectivity index (χ1v) is 11.0. The molecule has 0 radical (unpaired) electrons. The van der Waals surface area contributed by atoms with Crippen molar-refractivity contribution in [2.75, 3.05) is 19.6 Å². The number of pyridine rings is 1. The number of carbonyl (C=O) groups is 1. The van der Waals surface area contributed by atoms with Gasteiger partial charge in [-0.25, -0.2) is 0 Å². The van der Waals surface area contributed by atoms with E-state index < -0.39 is 0 Å². The Kier molecular flexibility index (Phi) is 7.04. The summed E-state index contributed by atoms with van der Waals surface area (Å²) >= 11 is 0. The van der Waals surface area contributed by atoms with E-state index in [4.69, 9.17) is 4.52 Å². The zero-order chi connectivity index (χ0) is 21.5. The maximum Gasteiger partial charge on any atom is 0.230 e. The molecule has 1 aromatic carbocycles. The van der Waals surface area contributed by atoms with Crippen LogP contribution in [-0.4, -0.2) is 45.6 Å². The van der Waals surface area contributed by atoms with Gasteiger partial charge in [0.2, 0.25) is 17.6 Å². The van der Waals surface area contributed by atoms with Gasteiger partial charge in [-0.05, 0) is 50.4 Å². The number of nitrogens with zero attached hydrogens (tertiary/aromatic N) is 4. The fourth-order valence-electron chi connectivity index (χ4n) is 4.04. The van der Waals surface area contributed by atoms with Crippen molar-refractivity contribution in [3.8, 4) is 11.4 Å². The quantitative estimate of drug-likeness (QED) is 0.694. The highest BCUT2D eigenvalue weighted by Gasteiger charge is 2.21. The lowest BCUT2D eigenvalue weighted by molar-refractivity contribution is -0.121. The third-order valence-electron chi connectivity index (χ3n) is 5.70. The van der Waals surface area contributed by atoms with E-state index in [0.717, 1.165) is 44.5 Å². The molecule has 1 unspecified atom stereocenters. The molecule has 0 bridgehead atoms. The summed E-state index contributed by atoms with van der Waals surface area (Å²) in [6.07, 6.45) is 6.71. The number of amides is 1. The zero-order valence-corrected chi connectivity index (χ0v) is 18.0. The number of rotatable bonds is 4. The van der Waals surface area contributed by atoms with Crippen LogP contribution in [0.25, 0.3) is 11.4 Å². The summed E-state index contributed by atoms with van der Waals surface area (Å²) in [6.45, 7) is 5.27. The van der Waals surface area contributed by atoms with E-state index >= 15 is 0 Å². The maximum absolute atomic E-state index is 12.3. The smallest absolute Gasteiger partial charge is 0.230 e. The number of aryl methyl sites for hydroxylation is 1. The van der Waals surface area contributed by atoms with Gasteiger partial charge in [0.1, 0.15) is 0 Å². The highest BCUT2D eigenvalue weighted by atomic mass is 16.5. The van der Waals surface area contributed by atoms with Gasteiger partial charge in [-0.3, -0.25) is 14.7 Å². The van der Waals surface area contributed by atoms with Crippen LogP contribution in [-0.2, 0) is 11.3 Å². The van der Waals surface area contributed by atoms with Crippen LogP contribution in [0.2, 0.25) is 0 Å². The van der Waals surface area contributed by atoms with E-state index in [-0.39, 0.29) is 11.8 Å². The van der Waals surface area contributed by atoms with Gasteiger partial charge in [0.15, 0.2) is 0 Å². The summed E-state index contributed by atoms with van der Waals surface area (Å²) in [4.78, 5) is 23.4. The molecule has 1 aliphatic heterocycles. The second kappa shape index (κ2) is 10.3. The SMILES string of the molecule is Cc1cccc(CN2CCCC(c3nc(-c4cccnc4)no3)CCNC(=O)CC2)c1. The molecular weight excluding hydrogens is 390 g/mol. The minimum Gasteiger partial charge on any atom is -0.356 e. The van der Waals surface area contributed by atoms with Crippen LogP contribution in [0.15, 0.2) is 53.3 Å². The second-order valence-corrected chi connectivity index (χ2v) is 8.19. The molecule has 31 heavy (non-hydrogen) atoms. The Bertz CT molecular complexity index is 988. The van der Waals surface area contributed by atoms with E-state index in [1.165, 1.54) is 11.1 Å². The fraction of sp³-hybridized carbons (Fsp3) is 0.417. The summed E-state index contributed by atoms with van der Waals surface area (Å²) in [7, 11) is 0. The lowest BCUT2D eigenvalue weighted by Gasteiger charge is -2.22. The highest BCUT2D eigenvalue weighted by molar-refractivity contribution is 5.76. The second-order valence-electron chi connectivity index (χ2n) is 8.19. The van der Waals surface area contributed by atoms with Gasteiger partial charge in [-0.1, -0.05) is 35.0 Å². The van der Waals surface area contributed by atoms with Gasteiger partial charge >= 0.3 is 0 Å². The van der Waals surface area contributed by atoms with Crippen LogP contribution < -0.4 is 5.32 Å². The van der Waals surface area contributed by atoms with E-state index in [2.05, 4.69) is 56.5 Å². The van der Waals surface area contributed by atoms with Gasteiger partial charge in [0.05, 0.1) is 0 Å². The third kappa shape index (κ3) is 5.98. The van der Waals surface area contributed by atoms with Crippen molar-refractivity contribution < 1.29 is 9.32 Å². The lowest BCUT2D eigenvalue weighted by atomic mass is 9.99. The van der Waals surface area contributed by atoms with Crippen LogP contribution in [0.4, 0.5) is 0 Å². The van der Waals surface area contributed by atoms with Crippen LogP contribution in [0.1, 0.15) is 48.6 Å². The Hall–Kier alpha value is -3.06. The number of hydrogen-bond acceptors (Lipinski definition) is 6. The van der Waals surface area contributed by atoms with Gasteiger partial charge in [-0.15, -0.1) is 0 Å². The lowest BCUT2D eigenvalue weighted by Crippen LogP contribution is -2.31. The van der Waals surface area contributed by atoms with Crippen molar-refractivity contribution in [2.45, 2.75) is 45.1 Å². The molecule has 1 aliphatic rings. The summed E-state index contributed by atoms with van der Waals surface area (Å²) in [5, 5.41) is 7.19. The normalized spacial score (nSPS) is 18.9. The van der Waals surface area contributed by atoms with E-state index in [0.29, 0.717) is 24.7 Å². The Balaban J connectivity index is 1.44. The third-order valence-corrected chi connectivity index (χ3v) is 5.70. The van der Waals surface area contributed by atoms with Crippen LogP contribution in [0, 0.1) is 6.92 Å². The summed E-state index contributed by atoms with van der Waals surface area (Å²) in [6, 6.07) is 12.3. The first-order valence-electron chi connectivity index (χ1n) is 11.0. The molecular formula is C24H29N5O2. The molecule has 7 nitrogen and oxygen atoms in total. The van der Waals surface area contributed by atoms with Gasteiger partial charge < -0.3 is 9.84 Å². The first-order chi connectivity index (χ1) is 15.2. The molecule has 0 saturated carbocycles. The van der Waals surface area contributed by atoms with Crippen molar-refractivity contribution in [3.63, 3.8) is 0 Å². The molecule has 1 fully saturated rings. The molecule has 2 aromatic heterocycles. The summed E-state index contributed by atoms with van der Waals surface area (Å²) in [5.41, 5.74) is 3.38. The van der Waals surface area contributed by atoms with E-state index in [1.807, 2.05) is 12.1 Å². The molecule has 1 atom stereocenters. The predicted molar refractivity (Wildman–Crippen MR) is 118 cm³/mol. The molecule has 3 aromatic rings. The molecule has 1 N–H and O–H groups in total.